The summed E-state index contributed by atoms with van der Waals surface area (Å²) in [6.45, 7) is 1.94. The summed E-state index contributed by atoms with van der Waals surface area (Å²) in [5, 5.41) is 5.67. The number of fused-ring (bicyclic) bond motifs is 1. The van der Waals surface area contributed by atoms with Gasteiger partial charge in [0, 0.05) is 32.0 Å². The van der Waals surface area contributed by atoms with Crippen molar-refractivity contribution in [2.45, 2.75) is 25.6 Å². The highest BCUT2D eigenvalue weighted by Crippen LogP contribution is 2.15. The van der Waals surface area contributed by atoms with Gasteiger partial charge in [0.15, 0.2) is 0 Å². The maximum atomic E-state index is 13.1. The maximum Gasteiger partial charge on any atom is 0.237 e. The van der Waals surface area contributed by atoms with E-state index in [1.165, 1.54) is 12.1 Å². The Bertz CT molecular complexity index is 984. The summed E-state index contributed by atoms with van der Waals surface area (Å²) < 4.78 is 15.0. The molecule has 0 unspecified atom stereocenters. The molecule has 0 saturated carbocycles. The van der Waals surface area contributed by atoms with E-state index in [-0.39, 0.29) is 24.1 Å². The fourth-order valence-corrected chi connectivity index (χ4v) is 3.51. The zero-order valence-electron chi connectivity index (χ0n) is 15.8. The van der Waals surface area contributed by atoms with Crippen molar-refractivity contribution in [1.82, 2.24) is 24.9 Å². The van der Waals surface area contributed by atoms with E-state index in [1.54, 1.807) is 12.1 Å². The number of nitrogens with zero attached hydrogens (tertiary/aromatic N) is 3. The first-order chi connectivity index (χ1) is 14.1. The summed E-state index contributed by atoms with van der Waals surface area (Å²) in [7, 11) is 0. The highest BCUT2D eigenvalue weighted by Gasteiger charge is 2.31. The molecule has 4 rings (SSSR count). The number of aromatic nitrogens is 2. The summed E-state index contributed by atoms with van der Waals surface area (Å²) in [6.07, 6.45) is 3.82. The van der Waals surface area contributed by atoms with Crippen molar-refractivity contribution >= 4 is 17.5 Å². The van der Waals surface area contributed by atoms with Crippen LogP contribution in [-0.2, 0) is 22.7 Å². The van der Waals surface area contributed by atoms with Gasteiger partial charge in [-0.3, -0.25) is 14.5 Å². The fourth-order valence-electron chi connectivity index (χ4n) is 3.51. The molecule has 0 spiro atoms. The van der Waals surface area contributed by atoms with E-state index >= 15 is 0 Å². The Hall–Kier alpha value is -3.26. The minimum absolute atomic E-state index is 0.0560. The number of hydrogen-bond acceptors (Lipinski definition) is 4. The highest BCUT2D eigenvalue weighted by atomic mass is 19.1. The molecule has 3 aromatic rings. The van der Waals surface area contributed by atoms with Gasteiger partial charge < -0.3 is 15.0 Å². The quantitative estimate of drug-likeness (QED) is 0.663. The molecule has 1 aliphatic heterocycles. The molecule has 1 saturated heterocycles. The standard InChI is InChI=1S/C21H22FN5O2/c22-16-6-4-15(5-7-16)13-26-10-8-23-21(29)18(26)11-20(28)24-12-17-14-27-9-2-1-3-19(27)25-17/h1-7,9,14,18H,8,10-13H2,(H,23,29)(H,24,28)/t18-/m0/s1. The van der Waals surface area contributed by atoms with Crippen molar-refractivity contribution in [1.29, 1.82) is 0 Å². The summed E-state index contributed by atoms with van der Waals surface area (Å²) in [4.78, 5) is 31.3. The van der Waals surface area contributed by atoms with Crippen LogP contribution >= 0.6 is 0 Å². The van der Waals surface area contributed by atoms with Crippen molar-refractivity contribution in [3.05, 3.63) is 71.9 Å². The molecule has 29 heavy (non-hydrogen) atoms. The summed E-state index contributed by atoms with van der Waals surface area (Å²) in [6, 6.07) is 11.3. The Labute approximate surface area is 167 Å². The van der Waals surface area contributed by atoms with E-state index in [9.17, 15) is 14.0 Å². The highest BCUT2D eigenvalue weighted by molar-refractivity contribution is 5.88. The predicted octanol–water partition coefficient (Wildman–Crippen LogP) is 1.48. The number of pyridine rings is 1. The van der Waals surface area contributed by atoms with Crippen molar-refractivity contribution < 1.29 is 14.0 Å². The molecule has 2 aromatic heterocycles. The van der Waals surface area contributed by atoms with Crippen molar-refractivity contribution in [3.63, 3.8) is 0 Å². The van der Waals surface area contributed by atoms with Gasteiger partial charge in [-0.1, -0.05) is 18.2 Å². The molecule has 1 atom stereocenters. The number of piperazine rings is 1. The average molecular weight is 395 g/mol. The van der Waals surface area contributed by atoms with Crippen LogP contribution in [0.5, 0.6) is 0 Å². The third kappa shape index (κ3) is 4.60. The van der Waals surface area contributed by atoms with Crippen molar-refractivity contribution in [3.8, 4) is 0 Å². The zero-order chi connectivity index (χ0) is 20.2. The molecule has 0 bridgehead atoms. The summed E-state index contributed by atoms with van der Waals surface area (Å²) >= 11 is 0. The van der Waals surface area contributed by atoms with Gasteiger partial charge in [0.1, 0.15) is 11.5 Å². The van der Waals surface area contributed by atoms with Gasteiger partial charge in [0.25, 0.3) is 0 Å². The second-order valence-corrected chi connectivity index (χ2v) is 7.08. The lowest BCUT2D eigenvalue weighted by atomic mass is 10.1. The SMILES string of the molecule is O=C(C[C@H]1C(=O)NCCN1Cc1ccc(F)cc1)NCc1cn2ccccc2n1. The normalized spacial score (nSPS) is 17.3. The minimum Gasteiger partial charge on any atom is -0.353 e. The molecule has 0 aliphatic carbocycles. The Balaban J connectivity index is 1.37. The number of carbonyl (C=O) groups excluding carboxylic acids is 2. The smallest absolute Gasteiger partial charge is 0.237 e. The Kier molecular flexibility index (Phi) is 5.53. The molecule has 2 amide bonds. The van der Waals surface area contributed by atoms with Gasteiger partial charge in [-0.05, 0) is 29.8 Å². The molecule has 2 N–H and O–H groups in total. The van der Waals surface area contributed by atoms with Crippen LogP contribution in [0.3, 0.4) is 0 Å². The largest absolute Gasteiger partial charge is 0.353 e. The van der Waals surface area contributed by atoms with Crippen LogP contribution in [0, 0.1) is 5.82 Å². The van der Waals surface area contributed by atoms with E-state index in [0.717, 1.165) is 16.9 Å². The molecule has 1 aliphatic rings. The van der Waals surface area contributed by atoms with Crippen LogP contribution in [0.4, 0.5) is 4.39 Å². The second kappa shape index (κ2) is 8.40. The van der Waals surface area contributed by atoms with E-state index in [1.807, 2.05) is 39.9 Å². The Morgan fingerprint density at radius 3 is 2.86 bits per heavy atom. The molecular formula is C21H22FN5O2. The van der Waals surface area contributed by atoms with E-state index in [0.29, 0.717) is 26.2 Å². The molecule has 1 aromatic carbocycles. The molecular weight excluding hydrogens is 373 g/mol. The number of halogens is 1. The van der Waals surface area contributed by atoms with E-state index in [2.05, 4.69) is 15.6 Å². The molecule has 8 heteroatoms. The van der Waals surface area contributed by atoms with Crippen LogP contribution in [0.1, 0.15) is 17.7 Å². The predicted molar refractivity (Wildman–Crippen MR) is 105 cm³/mol. The molecule has 7 nitrogen and oxygen atoms in total. The molecule has 0 radical (unpaired) electrons. The van der Waals surface area contributed by atoms with Gasteiger partial charge >= 0.3 is 0 Å². The third-order valence-corrected chi connectivity index (χ3v) is 5.00. The Morgan fingerprint density at radius 1 is 1.24 bits per heavy atom. The molecule has 150 valence electrons. The first-order valence-corrected chi connectivity index (χ1v) is 9.54. The van der Waals surface area contributed by atoms with Crippen LogP contribution in [-0.4, -0.2) is 45.2 Å². The number of carbonyl (C=O) groups is 2. The van der Waals surface area contributed by atoms with Gasteiger partial charge in [-0.15, -0.1) is 0 Å². The summed E-state index contributed by atoms with van der Waals surface area (Å²) in [5.41, 5.74) is 2.46. The van der Waals surface area contributed by atoms with Crippen LogP contribution in [0.25, 0.3) is 5.65 Å². The number of hydrogen-bond donors (Lipinski definition) is 2. The van der Waals surface area contributed by atoms with Gasteiger partial charge in [0.2, 0.25) is 11.8 Å². The lowest BCUT2D eigenvalue weighted by molar-refractivity contribution is -0.134. The van der Waals surface area contributed by atoms with Crippen LogP contribution in [0.15, 0.2) is 54.9 Å². The van der Waals surface area contributed by atoms with Gasteiger partial charge in [-0.2, -0.15) is 0 Å². The van der Waals surface area contributed by atoms with Crippen LogP contribution < -0.4 is 10.6 Å². The monoisotopic (exact) mass is 395 g/mol. The second-order valence-electron chi connectivity index (χ2n) is 7.08. The molecule has 1 fully saturated rings. The summed E-state index contributed by atoms with van der Waals surface area (Å²) in [5.74, 6) is -0.678. The lowest BCUT2D eigenvalue weighted by Crippen LogP contribution is -2.56. The topological polar surface area (TPSA) is 78.7 Å². The maximum absolute atomic E-state index is 13.1. The van der Waals surface area contributed by atoms with E-state index < -0.39 is 6.04 Å². The number of nitrogens with one attached hydrogen (secondary N) is 2. The lowest BCUT2D eigenvalue weighted by Gasteiger charge is -2.34. The Morgan fingerprint density at radius 2 is 2.07 bits per heavy atom. The fraction of sp³-hybridized carbons (Fsp3) is 0.286. The van der Waals surface area contributed by atoms with Gasteiger partial charge in [0.05, 0.1) is 24.7 Å². The number of rotatable bonds is 6. The number of imidazole rings is 1. The van der Waals surface area contributed by atoms with Crippen LogP contribution in [0.2, 0.25) is 0 Å². The first kappa shape index (κ1) is 19.1. The first-order valence-electron chi connectivity index (χ1n) is 9.54. The average Bonchev–Trinajstić information content (AvgIpc) is 3.14. The molecule has 3 heterocycles. The van der Waals surface area contributed by atoms with Crippen molar-refractivity contribution in [2.75, 3.05) is 13.1 Å². The minimum atomic E-state index is -0.560. The van der Waals surface area contributed by atoms with E-state index in [4.69, 9.17) is 0 Å². The number of amides is 2. The third-order valence-electron chi connectivity index (χ3n) is 5.00. The van der Waals surface area contributed by atoms with Gasteiger partial charge in [-0.25, -0.2) is 9.37 Å². The number of benzene rings is 1. The zero-order valence-corrected chi connectivity index (χ0v) is 15.8. The van der Waals surface area contributed by atoms with Crippen molar-refractivity contribution in [2.24, 2.45) is 0 Å².